The Balaban J connectivity index is 2.25. The second-order valence-corrected chi connectivity index (χ2v) is 4.98. The quantitative estimate of drug-likeness (QED) is 0.912. The Hall–Kier alpha value is -1.39. The first kappa shape index (κ1) is 13.1. The third-order valence-electron chi connectivity index (χ3n) is 2.46. The average molecular weight is 310 g/mol. The van der Waals surface area contributed by atoms with E-state index in [0.717, 1.165) is 5.56 Å². The van der Waals surface area contributed by atoms with Crippen molar-refractivity contribution in [1.82, 2.24) is 0 Å². The highest BCUT2D eigenvalue weighted by atomic mass is 79.9. The van der Waals surface area contributed by atoms with Crippen molar-refractivity contribution in [2.24, 2.45) is 5.73 Å². The Morgan fingerprint density at radius 1 is 1.17 bits per heavy atom. The van der Waals surface area contributed by atoms with E-state index in [1.807, 2.05) is 31.2 Å². The predicted molar refractivity (Wildman–Crippen MR) is 73.2 cm³/mol. The largest absolute Gasteiger partial charge is 0.457 e. The maximum Gasteiger partial charge on any atom is 0.131 e. The van der Waals surface area contributed by atoms with E-state index in [0.29, 0.717) is 16.0 Å². The molecule has 94 valence electrons. The summed E-state index contributed by atoms with van der Waals surface area (Å²) in [7, 11) is 0. The van der Waals surface area contributed by atoms with E-state index in [4.69, 9.17) is 10.5 Å². The van der Waals surface area contributed by atoms with Crippen molar-refractivity contribution in [3.8, 4) is 11.5 Å². The molecule has 0 aliphatic heterocycles. The molecule has 4 heteroatoms. The molecule has 1 unspecified atom stereocenters. The monoisotopic (exact) mass is 309 g/mol. The normalized spacial score (nSPS) is 12.2. The van der Waals surface area contributed by atoms with E-state index >= 15 is 0 Å². The number of hydrogen-bond donors (Lipinski definition) is 1. The standard InChI is InChI=1S/C14H13BrFNO/c1-9(17)10-3-2-4-13(5-10)18-14-7-11(15)6-12(16)8-14/h2-9H,17H2,1H3. The zero-order chi connectivity index (χ0) is 13.1. The molecule has 2 nitrogen and oxygen atoms in total. The minimum atomic E-state index is -0.345. The highest BCUT2D eigenvalue weighted by Crippen LogP contribution is 2.27. The Labute approximate surface area is 114 Å². The van der Waals surface area contributed by atoms with E-state index in [9.17, 15) is 4.39 Å². The second-order valence-electron chi connectivity index (χ2n) is 4.07. The minimum absolute atomic E-state index is 0.0622. The van der Waals surface area contributed by atoms with Gasteiger partial charge in [0.05, 0.1) is 0 Å². The molecule has 0 heterocycles. The fourth-order valence-corrected chi connectivity index (χ4v) is 2.03. The number of nitrogens with two attached hydrogens (primary N) is 1. The van der Waals surface area contributed by atoms with Gasteiger partial charge in [0.1, 0.15) is 17.3 Å². The number of halogens is 2. The van der Waals surface area contributed by atoms with Crippen molar-refractivity contribution in [2.45, 2.75) is 13.0 Å². The van der Waals surface area contributed by atoms with Crippen LogP contribution in [0.4, 0.5) is 4.39 Å². The summed E-state index contributed by atoms with van der Waals surface area (Å²) in [6.07, 6.45) is 0. The van der Waals surface area contributed by atoms with Crippen molar-refractivity contribution in [3.63, 3.8) is 0 Å². The molecule has 0 bridgehead atoms. The molecule has 0 aliphatic rings. The van der Waals surface area contributed by atoms with Crippen molar-refractivity contribution >= 4 is 15.9 Å². The van der Waals surface area contributed by atoms with Crippen LogP contribution in [0, 0.1) is 5.82 Å². The summed E-state index contributed by atoms with van der Waals surface area (Å²) >= 11 is 3.22. The maximum atomic E-state index is 13.2. The van der Waals surface area contributed by atoms with Gasteiger partial charge in [0.15, 0.2) is 0 Å². The fraction of sp³-hybridized carbons (Fsp3) is 0.143. The van der Waals surface area contributed by atoms with Crippen molar-refractivity contribution in [3.05, 3.63) is 58.3 Å². The number of benzene rings is 2. The topological polar surface area (TPSA) is 35.2 Å². The van der Waals surface area contributed by atoms with Crippen LogP contribution in [0.1, 0.15) is 18.5 Å². The Morgan fingerprint density at radius 3 is 2.61 bits per heavy atom. The molecule has 2 aromatic rings. The first-order valence-electron chi connectivity index (χ1n) is 5.54. The lowest BCUT2D eigenvalue weighted by Gasteiger charge is -2.10. The molecule has 2 rings (SSSR count). The molecule has 0 amide bonds. The van der Waals surface area contributed by atoms with Crippen LogP contribution in [0.3, 0.4) is 0 Å². The lowest BCUT2D eigenvalue weighted by molar-refractivity contribution is 0.475. The van der Waals surface area contributed by atoms with Crippen LogP contribution in [0.5, 0.6) is 11.5 Å². The van der Waals surface area contributed by atoms with E-state index in [-0.39, 0.29) is 11.9 Å². The summed E-state index contributed by atoms with van der Waals surface area (Å²) in [5.41, 5.74) is 6.78. The molecule has 0 radical (unpaired) electrons. The summed E-state index contributed by atoms with van der Waals surface area (Å²) in [5.74, 6) is 0.744. The van der Waals surface area contributed by atoms with Gasteiger partial charge in [-0.2, -0.15) is 0 Å². The van der Waals surface area contributed by atoms with E-state index in [2.05, 4.69) is 15.9 Å². The molecular weight excluding hydrogens is 297 g/mol. The molecule has 2 N–H and O–H groups in total. The highest BCUT2D eigenvalue weighted by molar-refractivity contribution is 9.10. The van der Waals surface area contributed by atoms with Gasteiger partial charge in [-0.05, 0) is 36.8 Å². The van der Waals surface area contributed by atoms with Gasteiger partial charge in [-0.15, -0.1) is 0 Å². The maximum absolute atomic E-state index is 13.2. The molecule has 0 spiro atoms. The fourth-order valence-electron chi connectivity index (χ4n) is 1.58. The van der Waals surface area contributed by atoms with Crippen LogP contribution in [0.2, 0.25) is 0 Å². The number of hydrogen-bond acceptors (Lipinski definition) is 2. The first-order valence-corrected chi connectivity index (χ1v) is 6.33. The van der Waals surface area contributed by atoms with Crippen LogP contribution in [0.25, 0.3) is 0 Å². The molecule has 0 fully saturated rings. The first-order chi connectivity index (χ1) is 8.54. The van der Waals surface area contributed by atoms with E-state index < -0.39 is 0 Å². The van der Waals surface area contributed by atoms with Gasteiger partial charge >= 0.3 is 0 Å². The van der Waals surface area contributed by atoms with E-state index in [1.54, 1.807) is 6.07 Å². The van der Waals surface area contributed by atoms with Crippen LogP contribution in [-0.4, -0.2) is 0 Å². The molecular formula is C14H13BrFNO. The average Bonchev–Trinajstić information content (AvgIpc) is 2.27. The van der Waals surface area contributed by atoms with E-state index in [1.165, 1.54) is 12.1 Å². The Kier molecular flexibility index (Phi) is 3.99. The molecule has 0 aliphatic carbocycles. The number of rotatable bonds is 3. The molecule has 1 atom stereocenters. The lowest BCUT2D eigenvalue weighted by Crippen LogP contribution is -2.04. The molecule has 2 aromatic carbocycles. The summed E-state index contributed by atoms with van der Waals surface area (Å²) in [6.45, 7) is 1.90. The predicted octanol–water partition coefficient (Wildman–Crippen LogP) is 4.40. The Bertz CT molecular complexity index is 537. The second kappa shape index (κ2) is 5.50. The lowest BCUT2D eigenvalue weighted by atomic mass is 10.1. The zero-order valence-electron chi connectivity index (χ0n) is 9.86. The van der Waals surface area contributed by atoms with Crippen LogP contribution in [0.15, 0.2) is 46.9 Å². The SMILES string of the molecule is CC(N)c1cccc(Oc2cc(F)cc(Br)c2)c1. The molecule has 18 heavy (non-hydrogen) atoms. The number of ether oxygens (including phenoxy) is 1. The van der Waals surface area contributed by atoms with Crippen LogP contribution in [-0.2, 0) is 0 Å². The molecule has 0 aromatic heterocycles. The van der Waals surface area contributed by atoms with Crippen molar-refractivity contribution < 1.29 is 9.13 Å². The summed E-state index contributed by atoms with van der Waals surface area (Å²) in [5, 5.41) is 0. The van der Waals surface area contributed by atoms with Gasteiger partial charge in [0.25, 0.3) is 0 Å². The third-order valence-corrected chi connectivity index (χ3v) is 2.91. The van der Waals surface area contributed by atoms with Crippen LogP contribution < -0.4 is 10.5 Å². The summed E-state index contributed by atoms with van der Waals surface area (Å²) in [6, 6.07) is 11.8. The van der Waals surface area contributed by atoms with Crippen LogP contribution >= 0.6 is 15.9 Å². The smallest absolute Gasteiger partial charge is 0.131 e. The minimum Gasteiger partial charge on any atom is -0.457 e. The van der Waals surface area contributed by atoms with Gasteiger partial charge in [-0.1, -0.05) is 28.1 Å². The molecule has 0 saturated carbocycles. The van der Waals surface area contributed by atoms with Gasteiger partial charge in [0.2, 0.25) is 0 Å². The zero-order valence-corrected chi connectivity index (χ0v) is 11.4. The van der Waals surface area contributed by atoms with Gasteiger partial charge < -0.3 is 10.5 Å². The van der Waals surface area contributed by atoms with Gasteiger partial charge in [0, 0.05) is 16.6 Å². The van der Waals surface area contributed by atoms with Crippen molar-refractivity contribution in [2.75, 3.05) is 0 Å². The highest BCUT2D eigenvalue weighted by Gasteiger charge is 2.04. The van der Waals surface area contributed by atoms with Crippen molar-refractivity contribution in [1.29, 1.82) is 0 Å². The molecule has 0 saturated heterocycles. The third kappa shape index (κ3) is 3.31. The summed E-state index contributed by atoms with van der Waals surface area (Å²) < 4.78 is 19.5. The summed E-state index contributed by atoms with van der Waals surface area (Å²) in [4.78, 5) is 0. The van der Waals surface area contributed by atoms with Gasteiger partial charge in [-0.3, -0.25) is 0 Å². The Morgan fingerprint density at radius 2 is 1.94 bits per heavy atom. The van der Waals surface area contributed by atoms with Gasteiger partial charge in [-0.25, -0.2) is 4.39 Å².